The SMILES string of the molecule is CC(C)(C)c1ccccc1NC(=O)N1CCc2[nH]c3ccccc3c2C1. The summed E-state index contributed by atoms with van der Waals surface area (Å²) in [4.78, 5) is 18.3. The number of hydrogen-bond donors (Lipinski definition) is 2. The Morgan fingerprint density at radius 2 is 1.81 bits per heavy atom. The van der Waals surface area contributed by atoms with E-state index in [0.717, 1.165) is 29.7 Å². The lowest BCUT2D eigenvalue weighted by molar-refractivity contribution is 0.206. The summed E-state index contributed by atoms with van der Waals surface area (Å²) in [5, 5.41) is 4.35. The van der Waals surface area contributed by atoms with Crippen molar-refractivity contribution in [3.8, 4) is 0 Å². The van der Waals surface area contributed by atoms with E-state index < -0.39 is 0 Å². The number of carbonyl (C=O) groups is 1. The molecule has 0 bridgehead atoms. The second kappa shape index (κ2) is 6.20. The predicted molar refractivity (Wildman–Crippen MR) is 107 cm³/mol. The molecule has 4 nitrogen and oxygen atoms in total. The highest BCUT2D eigenvalue weighted by molar-refractivity contribution is 5.91. The largest absolute Gasteiger partial charge is 0.358 e. The van der Waals surface area contributed by atoms with Gasteiger partial charge in [-0.15, -0.1) is 0 Å². The molecule has 1 aliphatic heterocycles. The van der Waals surface area contributed by atoms with Crippen LogP contribution in [0.1, 0.15) is 37.6 Å². The van der Waals surface area contributed by atoms with Crippen LogP contribution in [0.4, 0.5) is 10.5 Å². The number of rotatable bonds is 1. The Kier molecular flexibility index (Phi) is 3.98. The van der Waals surface area contributed by atoms with Crippen molar-refractivity contribution < 1.29 is 4.79 Å². The van der Waals surface area contributed by atoms with Gasteiger partial charge in [-0.25, -0.2) is 4.79 Å². The van der Waals surface area contributed by atoms with Crippen LogP contribution in [0, 0.1) is 0 Å². The van der Waals surface area contributed by atoms with Crippen LogP contribution in [0.5, 0.6) is 0 Å². The van der Waals surface area contributed by atoms with E-state index >= 15 is 0 Å². The van der Waals surface area contributed by atoms with Gasteiger partial charge in [0.25, 0.3) is 0 Å². The van der Waals surface area contributed by atoms with Gasteiger partial charge in [-0.05, 0) is 23.1 Å². The zero-order valence-corrected chi connectivity index (χ0v) is 15.6. The van der Waals surface area contributed by atoms with Gasteiger partial charge in [-0.3, -0.25) is 0 Å². The molecule has 0 saturated heterocycles. The summed E-state index contributed by atoms with van der Waals surface area (Å²) < 4.78 is 0. The number of para-hydroxylation sites is 2. The molecule has 1 aromatic heterocycles. The van der Waals surface area contributed by atoms with E-state index in [9.17, 15) is 4.79 Å². The van der Waals surface area contributed by atoms with E-state index in [1.54, 1.807) is 0 Å². The first kappa shape index (κ1) is 16.7. The molecule has 0 spiro atoms. The minimum Gasteiger partial charge on any atom is -0.358 e. The minimum atomic E-state index is -0.0300. The number of H-pyrrole nitrogens is 1. The third kappa shape index (κ3) is 2.96. The van der Waals surface area contributed by atoms with Crippen molar-refractivity contribution in [1.29, 1.82) is 0 Å². The van der Waals surface area contributed by atoms with Gasteiger partial charge in [0.1, 0.15) is 0 Å². The lowest BCUT2D eigenvalue weighted by Gasteiger charge is -2.29. The summed E-state index contributed by atoms with van der Waals surface area (Å²) in [6.45, 7) is 7.86. The van der Waals surface area contributed by atoms with Crippen molar-refractivity contribution >= 4 is 22.6 Å². The molecule has 4 heteroatoms. The summed E-state index contributed by atoms with van der Waals surface area (Å²) in [5.74, 6) is 0. The van der Waals surface area contributed by atoms with Crippen LogP contribution in [0.15, 0.2) is 48.5 Å². The van der Waals surface area contributed by atoms with Gasteiger partial charge >= 0.3 is 6.03 Å². The van der Waals surface area contributed by atoms with E-state index in [1.807, 2.05) is 29.2 Å². The number of nitrogens with one attached hydrogen (secondary N) is 2. The maximum Gasteiger partial charge on any atom is 0.322 e. The third-order valence-electron chi connectivity index (χ3n) is 5.15. The number of nitrogens with zero attached hydrogens (tertiary/aromatic N) is 1. The van der Waals surface area contributed by atoms with Crippen LogP contribution in [0.25, 0.3) is 10.9 Å². The summed E-state index contributed by atoms with van der Waals surface area (Å²) in [7, 11) is 0. The van der Waals surface area contributed by atoms with Crippen LogP contribution >= 0.6 is 0 Å². The van der Waals surface area contributed by atoms with Crippen molar-refractivity contribution in [2.24, 2.45) is 0 Å². The average Bonchev–Trinajstić information content (AvgIpc) is 2.99. The number of benzene rings is 2. The highest BCUT2D eigenvalue weighted by Gasteiger charge is 2.25. The minimum absolute atomic E-state index is 0.0181. The lowest BCUT2D eigenvalue weighted by Crippen LogP contribution is -2.39. The summed E-state index contributed by atoms with van der Waals surface area (Å²) in [6.07, 6.45) is 0.859. The number of fused-ring (bicyclic) bond motifs is 3. The van der Waals surface area contributed by atoms with Gasteiger partial charge in [0.05, 0.1) is 0 Å². The molecule has 1 aliphatic rings. The Hall–Kier alpha value is -2.75. The number of amides is 2. The molecule has 0 radical (unpaired) electrons. The van der Waals surface area contributed by atoms with Crippen molar-refractivity contribution in [3.05, 3.63) is 65.4 Å². The second-order valence-corrected chi connectivity index (χ2v) is 8.02. The molecular formula is C22H25N3O. The molecule has 134 valence electrons. The van der Waals surface area contributed by atoms with Gasteiger partial charge in [-0.1, -0.05) is 57.2 Å². The standard InChI is InChI=1S/C22H25N3O/c1-22(2,3)17-9-5-7-11-20(17)24-21(26)25-13-12-19-16(14-25)15-8-4-6-10-18(15)23-19/h4-11,23H,12-14H2,1-3H3,(H,24,26). The van der Waals surface area contributed by atoms with Crippen LogP contribution in [-0.2, 0) is 18.4 Å². The van der Waals surface area contributed by atoms with E-state index in [0.29, 0.717) is 6.54 Å². The number of urea groups is 1. The lowest BCUT2D eigenvalue weighted by atomic mass is 9.86. The van der Waals surface area contributed by atoms with Gasteiger partial charge < -0.3 is 15.2 Å². The molecule has 0 aliphatic carbocycles. The molecule has 26 heavy (non-hydrogen) atoms. The molecule has 3 aromatic rings. The molecule has 2 N–H and O–H groups in total. The van der Waals surface area contributed by atoms with Gasteiger partial charge in [0.2, 0.25) is 0 Å². The second-order valence-electron chi connectivity index (χ2n) is 8.02. The Balaban J connectivity index is 1.58. The highest BCUT2D eigenvalue weighted by Crippen LogP contribution is 2.31. The zero-order valence-electron chi connectivity index (χ0n) is 15.6. The summed E-state index contributed by atoms with van der Waals surface area (Å²) in [6, 6.07) is 16.3. The van der Waals surface area contributed by atoms with Crippen molar-refractivity contribution in [3.63, 3.8) is 0 Å². The van der Waals surface area contributed by atoms with Gasteiger partial charge in [-0.2, -0.15) is 0 Å². The Labute approximate surface area is 154 Å². The normalized spacial score (nSPS) is 14.3. The van der Waals surface area contributed by atoms with E-state index in [4.69, 9.17) is 0 Å². The maximum atomic E-state index is 12.9. The van der Waals surface area contributed by atoms with Crippen molar-refractivity contribution in [1.82, 2.24) is 9.88 Å². The smallest absolute Gasteiger partial charge is 0.322 e. The van der Waals surface area contributed by atoms with Crippen LogP contribution < -0.4 is 5.32 Å². The third-order valence-corrected chi connectivity index (χ3v) is 5.15. The van der Waals surface area contributed by atoms with Crippen LogP contribution in [0.3, 0.4) is 0 Å². The zero-order chi connectivity index (χ0) is 18.3. The number of carbonyl (C=O) groups excluding carboxylic acids is 1. The number of aromatic amines is 1. The highest BCUT2D eigenvalue weighted by atomic mass is 16.2. The quantitative estimate of drug-likeness (QED) is 0.635. The van der Waals surface area contributed by atoms with Crippen LogP contribution in [0.2, 0.25) is 0 Å². The molecule has 0 saturated carbocycles. The topological polar surface area (TPSA) is 48.1 Å². The Bertz CT molecular complexity index is 965. The van der Waals surface area contributed by atoms with Gasteiger partial charge in [0.15, 0.2) is 0 Å². The fraction of sp³-hybridized carbons (Fsp3) is 0.318. The Morgan fingerprint density at radius 3 is 2.62 bits per heavy atom. The Morgan fingerprint density at radius 1 is 1.08 bits per heavy atom. The average molecular weight is 347 g/mol. The molecule has 0 unspecified atom stereocenters. The van der Waals surface area contributed by atoms with Gasteiger partial charge in [0, 0.05) is 47.4 Å². The van der Waals surface area contributed by atoms with Crippen molar-refractivity contribution in [2.75, 3.05) is 11.9 Å². The monoisotopic (exact) mass is 347 g/mol. The van der Waals surface area contributed by atoms with Crippen LogP contribution in [-0.4, -0.2) is 22.5 Å². The molecular weight excluding hydrogens is 322 g/mol. The van der Waals surface area contributed by atoms with E-state index in [2.05, 4.69) is 55.3 Å². The first-order valence-corrected chi connectivity index (χ1v) is 9.17. The number of aromatic nitrogens is 1. The fourth-order valence-electron chi connectivity index (χ4n) is 3.78. The van der Waals surface area contributed by atoms with E-state index in [-0.39, 0.29) is 11.4 Å². The molecule has 2 amide bonds. The van der Waals surface area contributed by atoms with E-state index in [1.165, 1.54) is 16.6 Å². The molecule has 0 fully saturated rings. The first-order chi connectivity index (χ1) is 12.4. The fourth-order valence-corrected chi connectivity index (χ4v) is 3.78. The summed E-state index contributed by atoms with van der Waals surface area (Å²) in [5.41, 5.74) is 5.68. The molecule has 4 rings (SSSR count). The molecule has 2 heterocycles. The predicted octanol–water partition coefficient (Wildman–Crippen LogP) is 5.06. The first-order valence-electron chi connectivity index (χ1n) is 9.17. The summed E-state index contributed by atoms with van der Waals surface area (Å²) >= 11 is 0. The number of anilines is 1. The number of hydrogen-bond acceptors (Lipinski definition) is 1. The molecule has 0 atom stereocenters. The maximum absolute atomic E-state index is 12.9. The van der Waals surface area contributed by atoms with Crippen molar-refractivity contribution in [2.45, 2.75) is 39.2 Å². The molecule has 2 aromatic carbocycles.